The number of unbranched alkanes of at least 4 members (excludes halogenated alkanes) is 49. The van der Waals surface area contributed by atoms with E-state index in [4.69, 9.17) is 37.0 Å². The summed E-state index contributed by atoms with van der Waals surface area (Å²) in [6.07, 6.45) is 58.1. The lowest BCUT2D eigenvalue weighted by Crippen LogP contribution is -2.30. The molecular formula is C74H144O17P2. The molecule has 3 N–H and O–H groups in total. The average Bonchev–Trinajstić information content (AvgIpc) is 2.53. The summed E-state index contributed by atoms with van der Waals surface area (Å²) in [5.74, 6) is -2.11. The first-order valence-electron chi connectivity index (χ1n) is 38.8. The van der Waals surface area contributed by atoms with Gasteiger partial charge >= 0.3 is 39.5 Å². The highest BCUT2D eigenvalue weighted by Gasteiger charge is 2.30. The van der Waals surface area contributed by atoms with Gasteiger partial charge in [0.25, 0.3) is 0 Å². The Kier molecular flexibility index (Phi) is 67.1. The van der Waals surface area contributed by atoms with Gasteiger partial charge in [0.1, 0.15) is 19.3 Å². The quantitative estimate of drug-likeness (QED) is 0.0222. The molecule has 0 aliphatic carbocycles. The molecule has 0 aliphatic heterocycles. The van der Waals surface area contributed by atoms with E-state index in [0.29, 0.717) is 25.7 Å². The molecule has 0 aliphatic rings. The second-order valence-corrected chi connectivity index (χ2v) is 29.6. The Bertz CT molecular complexity index is 1770. The monoisotopic (exact) mass is 1370 g/mol. The van der Waals surface area contributed by atoms with Crippen LogP contribution in [0.15, 0.2) is 0 Å². The molecule has 0 spiro atoms. The van der Waals surface area contributed by atoms with E-state index in [0.717, 1.165) is 89.9 Å². The van der Waals surface area contributed by atoms with Gasteiger partial charge in [0.2, 0.25) is 0 Å². The fourth-order valence-electron chi connectivity index (χ4n) is 11.4. The number of aliphatic hydroxyl groups excluding tert-OH is 1. The molecule has 0 saturated carbocycles. The van der Waals surface area contributed by atoms with Crippen LogP contribution in [0.4, 0.5) is 0 Å². The number of esters is 4. The van der Waals surface area contributed by atoms with Gasteiger partial charge in [0.15, 0.2) is 12.2 Å². The summed E-state index contributed by atoms with van der Waals surface area (Å²) in [6, 6.07) is 0. The van der Waals surface area contributed by atoms with Gasteiger partial charge in [-0.3, -0.25) is 37.3 Å². The Labute approximate surface area is 568 Å². The van der Waals surface area contributed by atoms with Crippen molar-refractivity contribution < 1.29 is 80.2 Å². The zero-order chi connectivity index (χ0) is 68.2. The molecule has 2 unspecified atom stereocenters. The maximum absolute atomic E-state index is 13.1. The van der Waals surface area contributed by atoms with Gasteiger partial charge in [-0.1, -0.05) is 342 Å². The van der Waals surface area contributed by atoms with Crippen LogP contribution in [-0.4, -0.2) is 96.7 Å². The summed E-state index contributed by atoms with van der Waals surface area (Å²) in [6.45, 7) is 4.98. The molecule has 552 valence electrons. The van der Waals surface area contributed by atoms with E-state index in [9.17, 15) is 43.2 Å². The van der Waals surface area contributed by atoms with Gasteiger partial charge in [-0.25, -0.2) is 9.13 Å². The highest BCUT2D eigenvalue weighted by molar-refractivity contribution is 7.47. The topological polar surface area (TPSA) is 237 Å². The Morgan fingerprint density at radius 2 is 0.430 bits per heavy atom. The molecule has 19 heteroatoms. The van der Waals surface area contributed by atoms with Crippen molar-refractivity contribution in [2.24, 2.45) is 0 Å². The number of carbonyl (C=O) groups excluding carboxylic acids is 4. The second kappa shape index (κ2) is 68.6. The lowest BCUT2D eigenvalue weighted by molar-refractivity contribution is -0.161. The van der Waals surface area contributed by atoms with Crippen LogP contribution in [-0.2, 0) is 65.4 Å². The van der Waals surface area contributed by atoms with E-state index >= 15 is 0 Å². The molecule has 93 heavy (non-hydrogen) atoms. The SMILES string of the molecule is CCCCCCCCCCCCCCCCCCCC(=O)O[C@H](COC(=O)CCCCCCCCCCCCCCCC)COP(=O)(O)OC[C@@H](O)COP(=O)(O)OC[C@@H](COC(=O)CCCCCCCCCCCCC)OC(=O)CCCCCCCCCCCCC. The molecule has 5 atom stereocenters. The molecule has 0 aromatic heterocycles. The van der Waals surface area contributed by atoms with Crippen molar-refractivity contribution in [3.8, 4) is 0 Å². The molecule has 0 aromatic carbocycles. The first-order chi connectivity index (χ1) is 45.2. The summed E-state index contributed by atoms with van der Waals surface area (Å²) < 4.78 is 68.4. The lowest BCUT2D eigenvalue weighted by atomic mass is 10.0. The molecule has 0 heterocycles. The Morgan fingerprint density at radius 3 is 0.634 bits per heavy atom. The smallest absolute Gasteiger partial charge is 0.462 e. The highest BCUT2D eigenvalue weighted by Crippen LogP contribution is 2.45. The van der Waals surface area contributed by atoms with E-state index in [2.05, 4.69) is 27.7 Å². The largest absolute Gasteiger partial charge is 0.472 e. The minimum Gasteiger partial charge on any atom is -0.462 e. The number of phosphoric acid groups is 2. The molecule has 0 fully saturated rings. The molecule has 0 saturated heterocycles. The van der Waals surface area contributed by atoms with Gasteiger partial charge in [-0.05, 0) is 25.7 Å². The number of carbonyl (C=O) groups is 4. The van der Waals surface area contributed by atoms with Crippen molar-refractivity contribution in [2.45, 2.75) is 412 Å². The van der Waals surface area contributed by atoms with Crippen LogP contribution in [0, 0.1) is 0 Å². The maximum Gasteiger partial charge on any atom is 0.472 e. The fourth-order valence-corrected chi connectivity index (χ4v) is 13.0. The third-order valence-corrected chi connectivity index (χ3v) is 19.3. The zero-order valence-electron chi connectivity index (χ0n) is 60.2. The van der Waals surface area contributed by atoms with Crippen LogP contribution in [0.25, 0.3) is 0 Å². The average molecular weight is 1370 g/mol. The van der Waals surface area contributed by atoms with Crippen molar-refractivity contribution in [3.05, 3.63) is 0 Å². The van der Waals surface area contributed by atoms with Crippen LogP contribution in [0.5, 0.6) is 0 Å². The normalized spacial score (nSPS) is 13.9. The van der Waals surface area contributed by atoms with E-state index in [1.165, 1.54) is 225 Å². The van der Waals surface area contributed by atoms with Crippen molar-refractivity contribution in [3.63, 3.8) is 0 Å². The van der Waals surface area contributed by atoms with Crippen molar-refractivity contribution in [1.82, 2.24) is 0 Å². The van der Waals surface area contributed by atoms with E-state index < -0.39 is 97.5 Å². The molecule has 0 radical (unpaired) electrons. The number of hydrogen-bond donors (Lipinski definition) is 3. The summed E-state index contributed by atoms with van der Waals surface area (Å²) in [5, 5.41) is 10.6. The first kappa shape index (κ1) is 91.1. The van der Waals surface area contributed by atoms with Crippen molar-refractivity contribution >= 4 is 39.5 Å². The van der Waals surface area contributed by atoms with Crippen molar-refractivity contribution in [1.29, 1.82) is 0 Å². The van der Waals surface area contributed by atoms with Crippen LogP contribution in [0.1, 0.15) is 394 Å². The Morgan fingerprint density at radius 1 is 0.258 bits per heavy atom. The van der Waals surface area contributed by atoms with Crippen molar-refractivity contribution in [2.75, 3.05) is 39.6 Å². The predicted molar refractivity (Wildman–Crippen MR) is 377 cm³/mol. The fraction of sp³-hybridized carbons (Fsp3) is 0.946. The standard InChI is InChI=1S/C74H144O17P2/c1-5-9-13-17-21-25-29-31-33-34-35-37-41-45-49-53-57-61-74(79)91-70(65-85-72(77)59-55-51-47-43-40-36-32-30-26-22-18-14-10-6-2)67-89-93(82,83)87-63-68(75)62-86-92(80,81)88-66-69(90-73(78)60-56-52-48-44-39-28-24-20-16-12-8-4)64-84-71(76)58-54-50-46-42-38-27-23-19-15-11-7-3/h68-70,75H,5-67H2,1-4H3,(H,80,81)(H,82,83)/t68-,69+,70+/m0/s1. The summed E-state index contributed by atoms with van der Waals surface area (Å²) >= 11 is 0. The minimum absolute atomic E-state index is 0.108. The number of rotatable bonds is 75. The summed E-state index contributed by atoms with van der Waals surface area (Å²) in [5.41, 5.74) is 0. The number of ether oxygens (including phenoxy) is 4. The zero-order valence-corrected chi connectivity index (χ0v) is 62.0. The van der Waals surface area contributed by atoms with E-state index in [-0.39, 0.29) is 25.7 Å². The Hall–Kier alpha value is -1.94. The van der Waals surface area contributed by atoms with Gasteiger partial charge in [0.05, 0.1) is 26.4 Å². The number of phosphoric ester groups is 2. The summed E-state index contributed by atoms with van der Waals surface area (Å²) in [4.78, 5) is 72.7. The summed E-state index contributed by atoms with van der Waals surface area (Å²) in [7, 11) is -9.90. The van der Waals surface area contributed by atoms with Crippen LogP contribution < -0.4 is 0 Å². The van der Waals surface area contributed by atoms with Gasteiger partial charge < -0.3 is 33.8 Å². The Balaban J connectivity index is 5.23. The van der Waals surface area contributed by atoms with E-state index in [1.54, 1.807) is 0 Å². The maximum atomic E-state index is 13.1. The van der Waals surface area contributed by atoms with Gasteiger partial charge in [-0.15, -0.1) is 0 Å². The second-order valence-electron chi connectivity index (χ2n) is 26.7. The minimum atomic E-state index is -4.95. The predicted octanol–water partition coefficient (Wildman–Crippen LogP) is 21.8. The number of hydrogen-bond acceptors (Lipinski definition) is 15. The molecule has 0 amide bonds. The number of aliphatic hydroxyl groups is 1. The third kappa shape index (κ3) is 68.4. The molecular weight excluding hydrogens is 1220 g/mol. The van der Waals surface area contributed by atoms with Gasteiger partial charge in [-0.2, -0.15) is 0 Å². The van der Waals surface area contributed by atoms with E-state index in [1.807, 2.05) is 0 Å². The lowest BCUT2D eigenvalue weighted by Gasteiger charge is -2.21. The molecule has 17 nitrogen and oxygen atoms in total. The molecule has 0 aromatic rings. The molecule has 0 bridgehead atoms. The van der Waals surface area contributed by atoms with Crippen LogP contribution >= 0.6 is 15.6 Å². The first-order valence-corrected chi connectivity index (χ1v) is 41.8. The molecule has 0 rings (SSSR count). The van der Waals surface area contributed by atoms with Crippen LogP contribution in [0.3, 0.4) is 0 Å². The third-order valence-electron chi connectivity index (χ3n) is 17.4. The highest BCUT2D eigenvalue weighted by atomic mass is 31.2. The van der Waals surface area contributed by atoms with Crippen LogP contribution in [0.2, 0.25) is 0 Å². The van der Waals surface area contributed by atoms with Gasteiger partial charge in [0, 0.05) is 25.7 Å².